The van der Waals surface area contributed by atoms with E-state index in [2.05, 4.69) is 20.6 Å². The summed E-state index contributed by atoms with van der Waals surface area (Å²) >= 11 is 18.6. The number of hydrogen-bond donors (Lipinski definition) is 2. The first-order valence-corrected chi connectivity index (χ1v) is 12.9. The third-order valence-electron chi connectivity index (χ3n) is 6.15. The summed E-state index contributed by atoms with van der Waals surface area (Å²) in [6.45, 7) is 3.66. The molecule has 1 aliphatic heterocycles. The summed E-state index contributed by atoms with van der Waals surface area (Å²) in [5, 5.41) is 7.85. The summed E-state index contributed by atoms with van der Waals surface area (Å²) in [5.41, 5.74) is 3.13. The number of benzene rings is 1. The van der Waals surface area contributed by atoms with Crippen LogP contribution in [0.3, 0.4) is 0 Å². The number of amides is 1. The second-order valence-electron chi connectivity index (χ2n) is 8.94. The predicted octanol–water partition coefficient (Wildman–Crippen LogP) is 6.35. The number of halogens is 2. The van der Waals surface area contributed by atoms with Crippen molar-refractivity contribution in [1.82, 2.24) is 19.9 Å². The highest BCUT2D eigenvalue weighted by Crippen LogP contribution is 2.43. The van der Waals surface area contributed by atoms with Crippen LogP contribution in [0, 0.1) is 5.92 Å². The van der Waals surface area contributed by atoms with Crippen molar-refractivity contribution in [2.75, 3.05) is 10.2 Å². The number of carbonyl (C=O) groups is 1. The highest BCUT2D eigenvalue weighted by molar-refractivity contribution is 7.80. The van der Waals surface area contributed by atoms with Gasteiger partial charge in [0.1, 0.15) is 11.9 Å². The Labute approximate surface area is 230 Å². The number of aromatic nitrogens is 3. The van der Waals surface area contributed by atoms with Crippen LogP contribution in [0.5, 0.6) is 0 Å². The molecule has 0 radical (unpaired) electrons. The Hall–Kier alpha value is -3.46. The predicted molar refractivity (Wildman–Crippen MR) is 151 cm³/mol. The Morgan fingerprint density at radius 2 is 1.92 bits per heavy atom. The molecule has 1 saturated heterocycles. The van der Waals surface area contributed by atoms with Gasteiger partial charge in [-0.05, 0) is 66.8 Å². The summed E-state index contributed by atoms with van der Waals surface area (Å²) in [6.07, 6.45) is 5.34. The van der Waals surface area contributed by atoms with Crippen molar-refractivity contribution >= 4 is 57.8 Å². The highest BCUT2D eigenvalue weighted by Gasteiger charge is 2.42. The lowest BCUT2D eigenvalue weighted by molar-refractivity contribution is -0.118. The molecule has 1 aliphatic rings. The summed E-state index contributed by atoms with van der Waals surface area (Å²) in [5.74, 6) is 0.463. The molecule has 0 spiro atoms. The maximum absolute atomic E-state index is 12.2. The number of carbonyl (C=O) groups excluding carboxylic acids is 1. The van der Waals surface area contributed by atoms with Gasteiger partial charge in [0.2, 0.25) is 5.91 Å². The molecule has 4 heterocycles. The van der Waals surface area contributed by atoms with E-state index in [0.717, 1.165) is 22.9 Å². The maximum Gasteiger partial charge on any atom is 0.226 e. The van der Waals surface area contributed by atoms with Gasteiger partial charge in [0.05, 0.1) is 27.5 Å². The van der Waals surface area contributed by atoms with Gasteiger partial charge in [-0.25, -0.2) is 4.98 Å². The Bertz CT molecular complexity index is 1440. The number of thiocarbonyl (C=S) groups is 1. The van der Waals surface area contributed by atoms with Gasteiger partial charge < -0.3 is 20.1 Å². The van der Waals surface area contributed by atoms with Crippen LogP contribution in [0.15, 0.2) is 79.3 Å². The van der Waals surface area contributed by atoms with E-state index in [9.17, 15) is 4.79 Å². The molecule has 2 N–H and O–H groups in total. The fourth-order valence-electron chi connectivity index (χ4n) is 4.32. The molecule has 3 aromatic heterocycles. The molecular formula is C27H24Cl2N6OS. The molecule has 5 rings (SSSR count). The van der Waals surface area contributed by atoms with Crippen molar-refractivity contribution in [3.05, 3.63) is 101 Å². The van der Waals surface area contributed by atoms with E-state index >= 15 is 0 Å². The standard InChI is InChI=1S/C27H24Cl2N6OS/c1-16(2)26(36)32-20-10-9-18(14-19(20)29)35-25(24(33-27(35)37)21-6-3-4-12-30-21)22-7-5-13-34(22)23-11-8-17(28)15-31-23/h3-16,24-25H,1-2H3,(H,32,36)(H,33,37). The lowest BCUT2D eigenvalue weighted by Gasteiger charge is -2.29. The lowest BCUT2D eigenvalue weighted by Crippen LogP contribution is -2.30. The van der Waals surface area contributed by atoms with Crippen LogP contribution >= 0.6 is 35.4 Å². The van der Waals surface area contributed by atoms with Crippen LogP contribution in [0.4, 0.5) is 11.4 Å². The zero-order valence-corrected chi connectivity index (χ0v) is 22.4. The largest absolute Gasteiger partial charge is 0.351 e. The van der Waals surface area contributed by atoms with Gasteiger partial charge in [-0.1, -0.05) is 43.1 Å². The van der Waals surface area contributed by atoms with Gasteiger partial charge in [0, 0.05) is 35.9 Å². The highest BCUT2D eigenvalue weighted by atomic mass is 35.5. The SMILES string of the molecule is CC(C)C(=O)Nc1ccc(N2C(=S)NC(c3ccccn3)C2c2cccn2-c2ccc(Cl)cn2)cc1Cl. The maximum atomic E-state index is 12.2. The molecule has 0 aliphatic carbocycles. The number of hydrogen-bond acceptors (Lipinski definition) is 4. The first kappa shape index (κ1) is 25.2. The quantitative estimate of drug-likeness (QED) is 0.272. The van der Waals surface area contributed by atoms with Gasteiger partial charge in [0.15, 0.2) is 5.11 Å². The van der Waals surface area contributed by atoms with Crippen molar-refractivity contribution in [1.29, 1.82) is 0 Å². The van der Waals surface area contributed by atoms with E-state index in [4.69, 9.17) is 35.4 Å². The van der Waals surface area contributed by atoms with Gasteiger partial charge in [-0.3, -0.25) is 9.78 Å². The lowest BCUT2D eigenvalue weighted by atomic mass is 10.0. The third kappa shape index (κ3) is 5.05. The van der Waals surface area contributed by atoms with E-state index in [0.29, 0.717) is 20.8 Å². The number of anilines is 2. The topological polar surface area (TPSA) is 75.1 Å². The average molecular weight is 552 g/mol. The minimum absolute atomic E-state index is 0.102. The second-order valence-corrected chi connectivity index (χ2v) is 10.2. The van der Waals surface area contributed by atoms with E-state index in [1.54, 1.807) is 18.5 Å². The Morgan fingerprint density at radius 1 is 1.08 bits per heavy atom. The molecule has 1 fully saturated rings. The summed E-state index contributed by atoms with van der Waals surface area (Å²) in [4.78, 5) is 23.4. The molecular weight excluding hydrogens is 527 g/mol. The third-order valence-corrected chi connectivity index (χ3v) is 7.00. The fraction of sp³-hybridized carbons (Fsp3) is 0.185. The number of pyridine rings is 2. The Morgan fingerprint density at radius 3 is 2.59 bits per heavy atom. The molecule has 1 aromatic carbocycles. The van der Waals surface area contributed by atoms with Crippen LogP contribution in [0.1, 0.15) is 37.3 Å². The first-order chi connectivity index (χ1) is 17.8. The number of nitrogens with zero attached hydrogens (tertiary/aromatic N) is 4. The van der Waals surface area contributed by atoms with Crippen LogP contribution < -0.4 is 15.5 Å². The molecule has 0 bridgehead atoms. The van der Waals surface area contributed by atoms with E-state index in [1.807, 2.05) is 84.1 Å². The monoisotopic (exact) mass is 550 g/mol. The van der Waals surface area contributed by atoms with Crippen molar-refractivity contribution < 1.29 is 4.79 Å². The van der Waals surface area contributed by atoms with Crippen LogP contribution in [-0.2, 0) is 4.79 Å². The molecule has 2 atom stereocenters. The summed E-state index contributed by atoms with van der Waals surface area (Å²) in [6, 6.07) is 18.5. The number of nitrogens with one attached hydrogen (secondary N) is 2. The zero-order chi connectivity index (χ0) is 26.1. The fourth-order valence-corrected chi connectivity index (χ4v) is 5.00. The second kappa shape index (κ2) is 10.5. The van der Waals surface area contributed by atoms with E-state index in [1.165, 1.54) is 0 Å². The zero-order valence-electron chi connectivity index (χ0n) is 20.1. The summed E-state index contributed by atoms with van der Waals surface area (Å²) < 4.78 is 2.01. The molecule has 4 aromatic rings. The Balaban J connectivity index is 1.59. The summed E-state index contributed by atoms with van der Waals surface area (Å²) in [7, 11) is 0. The normalized spacial score (nSPS) is 17.2. The molecule has 37 heavy (non-hydrogen) atoms. The minimum Gasteiger partial charge on any atom is -0.351 e. The van der Waals surface area contributed by atoms with Crippen LogP contribution in [-0.4, -0.2) is 25.6 Å². The molecule has 2 unspecified atom stereocenters. The molecule has 7 nitrogen and oxygen atoms in total. The molecule has 10 heteroatoms. The van der Waals surface area contributed by atoms with Crippen LogP contribution in [0.25, 0.3) is 5.82 Å². The van der Waals surface area contributed by atoms with Crippen LogP contribution in [0.2, 0.25) is 10.0 Å². The van der Waals surface area contributed by atoms with Crippen molar-refractivity contribution in [2.24, 2.45) is 5.92 Å². The van der Waals surface area contributed by atoms with Crippen molar-refractivity contribution in [3.63, 3.8) is 0 Å². The van der Waals surface area contributed by atoms with Crippen molar-refractivity contribution in [2.45, 2.75) is 25.9 Å². The van der Waals surface area contributed by atoms with Crippen molar-refractivity contribution in [3.8, 4) is 5.82 Å². The van der Waals surface area contributed by atoms with Gasteiger partial charge in [-0.2, -0.15) is 0 Å². The smallest absolute Gasteiger partial charge is 0.226 e. The van der Waals surface area contributed by atoms with Gasteiger partial charge in [0.25, 0.3) is 0 Å². The number of rotatable bonds is 6. The minimum atomic E-state index is -0.276. The molecule has 1 amide bonds. The van der Waals surface area contributed by atoms with Gasteiger partial charge in [-0.15, -0.1) is 0 Å². The molecule has 0 saturated carbocycles. The van der Waals surface area contributed by atoms with E-state index in [-0.39, 0.29) is 23.9 Å². The van der Waals surface area contributed by atoms with Gasteiger partial charge >= 0.3 is 0 Å². The van der Waals surface area contributed by atoms with E-state index < -0.39 is 0 Å². The Kier molecular flexibility index (Phi) is 7.15. The average Bonchev–Trinajstić information content (AvgIpc) is 3.50. The molecule has 188 valence electrons. The first-order valence-electron chi connectivity index (χ1n) is 11.7.